The Bertz CT molecular complexity index is 534. The Morgan fingerprint density at radius 1 is 1.43 bits per heavy atom. The topological polar surface area (TPSA) is 86.8 Å². The van der Waals surface area contributed by atoms with Crippen LogP contribution in [0, 0.1) is 5.92 Å². The van der Waals surface area contributed by atoms with Crippen molar-refractivity contribution in [3.8, 4) is 0 Å². The fourth-order valence-corrected chi connectivity index (χ4v) is 4.76. The number of hydrogen-bond acceptors (Lipinski definition) is 5. The second-order valence-electron chi connectivity index (χ2n) is 5.76. The molecule has 3 atom stereocenters. The van der Waals surface area contributed by atoms with Gasteiger partial charge < -0.3 is 10.2 Å². The van der Waals surface area contributed by atoms with Crippen LogP contribution in [-0.2, 0) is 19.6 Å². The molecule has 0 unspecified atom stereocenters. The van der Waals surface area contributed by atoms with Gasteiger partial charge in [-0.05, 0) is 19.9 Å². The van der Waals surface area contributed by atoms with E-state index in [2.05, 4.69) is 5.32 Å². The Morgan fingerprint density at radius 3 is 2.62 bits per heavy atom. The van der Waals surface area contributed by atoms with Crippen molar-refractivity contribution < 1.29 is 18.0 Å². The van der Waals surface area contributed by atoms with Gasteiger partial charge in [-0.1, -0.05) is 13.3 Å². The van der Waals surface area contributed by atoms with E-state index in [0.29, 0.717) is 19.4 Å². The minimum atomic E-state index is -3.59. The van der Waals surface area contributed by atoms with Gasteiger partial charge in [0, 0.05) is 6.54 Å². The molecular formula is C13H23N3O4S. The third kappa shape index (κ3) is 2.78. The van der Waals surface area contributed by atoms with Crippen molar-refractivity contribution in [3.05, 3.63) is 0 Å². The Labute approximate surface area is 125 Å². The van der Waals surface area contributed by atoms with Crippen molar-refractivity contribution >= 4 is 21.8 Å². The highest BCUT2D eigenvalue weighted by Crippen LogP contribution is 2.39. The van der Waals surface area contributed by atoms with E-state index >= 15 is 0 Å². The van der Waals surface area contributed by atoms with Crippen molar-refractivity contribution in [2.45, 2.75) is 38.3 Å². The van der Waals surface area contributed by atoms with Crippen molar-refractivity contribution in [2.75, 3.05) is 26.4 Å². The van der Waals surface area contributed by atoms with Gasteiger partial charge in [0.25, 0.3) is 0 Å². The lowest BCUT2D eigenvalue weighted by atomic mass is 9.94. The van der Waals surface area contributed by atoms with Gasteiger partial charge in [0.05, 0.1) is 30.8 Å². The summed E-state index contributed by atoms with van der Waals surface area (Å²) in [6.07, 6.45) is 2.98. The number of likely N-dealkylation sites (tertiary alicyclic amines) is 1. The Kier molecular flexibility index (Phi) is 4.57. The molecule has 2 saturated heterocycles. The van der Waals surface area contributed by atoms with Crippen molar-refractivity contribution in [2.24, 2.45) is 5.92 Å². The predicted octanol–water partition coefficient (Wildman–Crippen LogP) is -0.607. The second-order valence-corrected chi connectivity index (χ2v) is 7.62. The van der Waals surface area contributed by atoms with Gasteiger partial charge in [-0.2, -0.15) is 0 Å². The van der Waals surface area contributed by atoms with Crippen molar-refractivity contribution in [1.82, 2.24) is 14.5 Å². The van der Waals surface area contributed by atoms with Gasteiger partial charge >= 0.3 is 0 Å². The number of carbonyl (C=O) groups excluding carboxylic acids is 2. The summed E-state index contributed by atoms with van der Waals surface area (Å²) < 4.78 is 24.9. The Hall–Kier alpha value is -1.15. The number of hydrogen-bond donors (Lipinski definition) is 1. The molecule has 21 heavy (non-hydrogen) atoms. The molecule has 2 rings (SSSR count). The van der Waals surface area contributed by atoms with Crippen LogP contribution in [0.5, 0.6) is 0 Å². The molecule has 2 aliphatic rings. The molecule has 0 aromatic carbocycles. The molecule has 2 heterocycles. The van der Waals surface area contributed by atoms with Crippen LogP contribution < -0.4 is 5.32 Å². The summed E-state index contributed by atoms with van der Waals surface area (Å²) in [5.41, 5.74) is 0. The number of fused-ring (bicyclic) bond motifs is 1. The molecule has 2 fully saturated rings. The van der Waals surface area contributed by atoms with E-state index in [4.69, 9.17) is 0 Å². The number of carbonyl (C=O) groups is 2. The minimum Gasteiger partial charge on any atom is -0.336 e. The second kappa shape index (κ2) is 5.92. The van der Waals surface area contributed by atoms with Gasteiger partial charge in [0.15, 0.2) is 0 Å². The third-order valence-electron chi connectivity index (χ3n) is 4.27. The maximum Gasteiger partial charge on any atom is 0.241 e. The SMILES string of the molecule is CCC[C@H]1C(=O)N(S(C)(=O)=O)[C@H]2CCN(C(=O)CNC)[C@H]12. The lowest BCUT2D eigenvalue weighted by Crippen LogP contribution is -2.45. The fraction of sp³-hybridized carbons (Fsp3) is 0.846. The summed E-state index contributed by atoms with van der Waals surface area (Å²) in [5.74, 6) is -0.830. The van der Waals surface area contributed by atoms with Crippen LogP contribution in [0.4, 0.5) is 0 Å². The highest BCUT2D eigenvalue weighted by molar-refractivity contribution is 7.88. The van der Waals surface area contributed by atoms with Crippen LogP contribution >= 0.6 is 0 Å². The first-order chi connectivity index (χ1) is 9.82. The standard InChI is InChI=1S/C13H23N3O4S/c1-4-5-9-12-10(16(13(9)18)21(3,19)20)6-7-15(12)11(17)8-14-2/h9-10,12,14H,4-8H2,1-3H3/t9-,10+,12-/m1/s1. The first kappa shape index (κ1) is 16.2. The largest absolute Gasteiger partial charge is 0.336 e. The van der Waals surface area contributed by atoms with Crippen LogP contribution in [0.1, 0.15) is 26.2 Å². The molecular weight excluding hydrogens is 294 g/mol. The van der Waals surface area contributed by atoms with Gasteiger partial charge in [-0.3, -0.25) is 9.59 Å². The molecule has 0 radical (unpaired) electrons. The number of sulfonamides is 1. The Balaban J connectivity index is 2.34. The quantitative estimate of drug-likeness (QED) is 0.731. The summed E-state index contributed by atoms with van der Waals surface area (Å²) in [5, 5.41) is 2.82. The molecule has 0 aromatic rings. The van der Waals surface area contributed by atoms with Crippen LogP contribution in [-0.4, -0.2) is 67.9 Å². The molecule has 0 aromatic heterocycles. The number of nitrogens with zero attached hydrogens (tertiary/aromatic N) is 2. The number of likely N-dealkylation sites (N-methyl/N-ethyl adjacent to an activating group) is 1. The lowest BCUT2D eigenvalue weighted by Gasteiger charge is -2.27. The highest BCUT2D eigenvalue weighted by atomic mass is 32.2. The van der Waals surface area contributed by atoms with E-state index in [0.717, 1.165) is 17.0 Å². The molecule has 2 aliphatic heterocycles. The third-order valence-corrected chi connectivity index (χ3v) is 5.44. The maximum atomic E-state index is 12.5. The van der Waals surface area contributed by atoms with Crippen LogP contribution in [0.15, 0.2) is 0 Å². The maximum absolute atomic E-state index is 12.5. The van der Waals surface area contributed by atoms with E-state index in [1.54, 1.807) is 11.9 Å². The summed E-state index contributed by atoms with van der Waals surface area (Å²) in [6, 6.07) is -0.710. The average molecular weight is 317 g/mol. The van der Waals surface area contributed by atoms with Gasteiger partial charge in [-0.25, -0.2) is 12.7 Å². The molecule has 7 nitrogen and oxygen atoms in total. The molecule has 1 N–H and O–H groups in total. The molecule has 0 aliphatic carbocycles. The van der Waals surface area contributed by atoms with Crippen LogP contribution in [0.25, 0.3) is 0 Å². The number of nitrogens with one attached hydrogen (secondary N) is 1. The van der Waals surface area contributed by atoms with Crippen molar-refractivity contribution in [3.63, 3.8) is 0 Å². The molecule has 0 bridgehead atoms. The minimum absolute atomic E-state index is 0.0748. The zero-order valence-electron chi connectivity index (χ0n) is 12.7. The molecule has 8 heteroatoms. The summed E-state index contributed by atoms with van der Waals surface area (Å²) in [6.45, 7) is 2.67. The number of rotatable bonds is 5. The predicted molar refractivity (Wildman–Crippen MR) is 77.9 cm³/mol. The molecule has 2 amide bonds. The van der Waals surface area contributed by atoms with Gasteiger partial charge in [-0.15, -0.1) is 0 Å². The zero-order chi connectivity index (χ0) is 15.8. The monoisotopic (exact) mass is 317 g/mol. The van der Waals surface area contributed by atoms with Crippen molar-refractivity contribution in [1.29, 1.82) is 0 Å². The smallest absolute Gasteiger partial charge is 0.241 e. The van der Waals surface area contributed by atoms with E-state index in [-0.39, 0.29) is 24.4 Å². The average Bonchev–Trinajstić information content (AvgIpc) is 2.88. The molecule has 0 spiro atoms. The van der Waals surface area contributed by atoms with E-state index < -0.39 is 22.0 Å². The van der Waals surface area contributed by atoms with Gasteiger partial charge in [0.2, 0.25) is 21.8 Å². The lowest BCUT2D eigenvalue weighted by molar-refractivity contribution is -0.133. The van der Waals surface area contributed by atoms with E-state index in [1.807, 2.05) is 6.92 Å². The van der Waals surface area contributed by atoms with E-state index in [1.165, 1.54) is 0 Å². The molecule has 0 saturated carbocycles. The fourth-order valence-electron chi connectivity index (χ4n) is 3.57. The summed E-state index contributed by atoms with van der Waals surface area (Å²) >= 11 is 0. The van der Waals surface area contributed by atoms with E-state index in [9.17, 15) is 18.0 Å². The normalized spacial score (nSPS) is 29.1. The zero-order valence-corrected chi connectivity index (χ0v) is 13.5. The van der Waals surface area contributed by atoms with Crippen LogP contribution in [0.2, 0.25) is 0 Å². The summed E-state index contributed by atoms with van der Waals surface area (Å²) in [4.78, 5) is 26.3. The van der Waals surface area contributed by atoms with Crippen LogP contribution in [0.3, 0.4) is 0 Å². The van der Waals surface area contributed by atoms with Gasteiger partial charge in [0.1, 0.15) is 0 Å². The highest BCUT2D eigenvalue weighted by Gasteiger charge is 2.56. The Morgan fingerprint density at radius 2 is 2.10 bits per heavy atom. The first-order valence-electron chi connectivity index (χ1n) is 7.30. The molecule has 120 valence electrons. The number of amides is 2. The first-order valence-corrected chi connectivity index (χ1v) is 9.15. The summed E-state index contributed by atoms with van der Waals surface area (Å²) in [7, 11) is -1.90.